The third kappa shape index (κ3) is 6.26. The van der Waals surface area contributed by atoms with Gasteiger partial charge >= 0.3 is 25.8 Å². The van der Waals surface area contributed by atoms with Crippen LogP contribution in [0.1, 0.15) is 32.6 Å². The first-order valence-corrected chi connectivity index (χ1v) is 9.83. The van der Waals surface area contributed by atoms with Gasteiger partial charge in [0.2, 0.25) is 0 Å². The summed E-state index contributed by atoms with van der Waals surface area (Å²) in [5.74, 6) is 0. The van der Waals surface area contributed by atoms with Crippen LogP contribution in [0, 0.1) is 6.08 Å². The van der Waals surface area contributed by atoms with E-state index in [2.05, 4.69) is 103 Å². The molecule has 4 aromatic rings. The number of allylic oxidation sites excluding steroid dienone is 4. The molecule has 1 heterocycles. The van der Waals surface area contributed by atoms with Crippen LogP contribution in [0.2, 0.25) is 0 Å². The van der Waals surface area contributed by atoms with E-state index in [1.165, 1.54) is 52.2 Å². The summed E-state index contributed by atoms with van der Waals surface area (Å²) in [6.45, 7) is 2.22. The molecule has 5 rings (SSSR count). The minimum absolute atomic E-state index is 0. The monoisotopic (exact) mass is 601 g/mol. The second-order valence-corrected chi connectivity index (χ2v) is 7.00. The van der Waals surface area contributed by atoms with E-state index < -0.39 is 0 Å². The Balaban J connectivity index is 0.000000327. The zero-order valence-corrected chi connectivity index (χ0v) is 22.2. The van der Waals surface area contributed by atoms with Crippen molar-refractivity contribution < 1.29 is 50.7 Å². The summed E-state index contributed by atoms with van der Waals surface area (Å²) in [5, 5.41) is 3.87. The van der Waals surface area contributed by atoms with Crippen molar-refractivity contribution in [3.05, 3.63) is 96.7 Å². The number of hydrogen-bond acceptors (Lipinski definition) is 0. The molecular weight excluding hydrogens is 576 g/mol. The molecule has 0 atom stereocenters. The van der Waals surface area contributed by atoms with Crippen molar-refractivity contribution in [1.29, 1.82) is 0 Å². The molecule has 4 heteroatoms. The third-order valence-corrected chi connectivity index (χ3v) is 5.05. The number of benzene rings is 2. The molecule has 0 aliphatic heterocycles. The number of para-hydroxylation sites is 1. The van der Waals surface area contributed by atoms with Gasteiger partial charge in [-0.05, 0) is 23.2 Å². The van der Waals surface area contributed by atoms with Crippen LogP contribution in [0.4, 0.5) is 0 Å². The number of rotatable bonds is 4. The van der Waals surface area contributed by atoms with Crippen LogP contribution >= 0.6 is 0 Å². The maximum absolute atomic E-state index is 3.30. The minimum atomic E-state index is 0. The number of aromatic nitrogens is 1. The predicted molar refractivity (Wildman–Crippen MR) is 116 cm³/mol. The summed E-state index contributed by atoms with van der Waals surface area (Å²) >= 11 is 0. The molecule has 0 N–H and O–H groups in total. The maximum Gasteiger partial charge on any atom is 4.00 e. The van der Waals surface area contributed by atoms with Crippen LogP contribution in [-0.2, 0) is 25.8 Å². The Hall–Kier alpha value is -1.48. The van der Waals surface area contributed by atoms with Crippen LogP contribution in [0.5, 0.6) is 0 Å². The van der Waals surface area contributed by atoms with Crippen LogP contribution < -0.4 is 24.8 Å². The van der Waals surface area contributed by atoms with Crippen molar-refractivity contribution in [1.82, 2.24) is 4.57 Å². The first kappa shape index (κ1) is 26.6. The van der Waals surface area contributed by atoms with E-state index in [1.54, 1.807) is 0 Å². The third-order valence-electron chi connectivity index (χ3n) is 5.05. The smallest absolute Gasteiger partial charge is 1.00 e. The Bertz CT molecular complexity index is 1070. The van der Waals surface area contributed by atoms with E-state index in [0.717, 1.165) is 6.42 Å². The number of nitrogens with zero attached hydrogens (tertiary/aromatic N) is 1. The molecule has 0 saturated heterocycles. The van der Waals surface area contributed by atoms with Crippen molar-refractivity contribution in [3.63, 3.8) is 0 Å². The van der Waals surface area contributed by atoms with Crippen LogP contribution in [0.25, 0.3) is 27.4 Å². The maximum atomic E-state index is 3.30. The normalized spacial score (nSPS) is 11.7. The van der Waals surface area contributed by atoms with Gasteiger partial charge in [0.1, 0.15) is 0 Å². The van der Waals surface area contributed by atoms with Crippen molar-refractivity contribution in [2.45, 2.75) is 32.6 Å². The average Bonchev–Trinajstić information content (AvgIpc) is 3.45. The molecule has 0 unspecified atom stereocenters. The van der Waals surface area contributed by atoms with Gasteiger partial charge in [0, 0.05) is 6.20 Å². The minimum Gasteiger partial charge on any atom is -1.00 e. The summed E-state index contributed by atoms with van der Waals surface area (Å²) in [4.78, 5) is 0. The van der Waals surface area contributed by atoms with Gasteiger partial charge in [-0.3, -0.25) is 6.08 Å². The molecule has 0 spiro atoms. The summed E-state index contributed by atoms with van der Waals surface area (Å²) in [6, 6.07) is 23.6. The molecule has 0 saturated carbocycles. The molecule has 0 fully saturated rings. The number of fused-ring (bicyclic) bond motifs is 2. The summed E-state index contributed by atoms with van der Waals surface area (Å²) in [7, 11) is 0. The number of halogens is 2. The predicted octanol–water partition coefficient (Wildman–Crippen LogP) is 1.37. The summed E-state index contributed by atoms with van der Waals surface area (Å²) < 4.78 is 2.25. The van der Waals surface area contributed by atoms with Crippen molar-refractivity contribution in [3.8, 4) is 5.69 Å². The van der Waals surface area contributed by atoms with Crippen molar-refractivity contribution >= 4 is 21.7 Å². The number of hydrogen-bond donors (Lipinski definition) is 0. The van der Waals surface area contributed by atoms with Gasteiger partial charge in [0.15, 0.2) is 0 Å². The Morgan fingerprint density at radius 3 is 2.40 bits per heavy atom. The Labute approximate surface area is 210 Å². The van der Waals surface area contributed by atoms with E-state index in [9.17, 15) is 0 Å². The van der Waals surface area contributed by atoms with Crippen LogP contribution in [0.3, 0.4) is 0 Å². The van der Waals surface area contributed by atoms with E-state index in [1.807, 2.05) is 0 Å². The SMILES string of the molecule is CCCCC1=[C-]CC=C1.[Cl-].[Cl-].[Hf+4].c1ccc2[cH-]c(-n3ccc4ccccc43)cc2c1. The van der Waals surface area contributed by atoms with Crippen LogP contribution in [0.15, 0.2) is 90.7 Å². The molecule has 30 heavy (non-hydrogen) atoms. The Kier molecular flexibility index (Phi) is 11.5. The molecule has 0 bridgehead atoms. The van der Waals surface area contributed by atoms with Gasteiger partial charge in [-0.15, -0.1) is 47.5 Å². The Morgan fingerprint density at radius 2 is 1.70 bits per heavy atom. The van der Waals surface area contributed by atoms with Gasteiger partial charge in [-0.25, -0.2) is 11.6 Å². The summed E-state index contributed by atoms with van der Waals surface area (Å²) in [5.41, 5.74) is 3.90. The molecule has 0 radical (unpaired) electrons. The molecule has 0 amide bonds. The topological polar surface area (TPSA) is 4.93 Å². The molecule has 1 aliphatic rings. The van der Waals surface area contributed by atoms with E-state index in [0.29, 0.717) is 0 Å². The standard InChI is InChI=1S/C17H12N.C9H13.2ClH.Hf/c1-2-7-15-12-16(11-14(15)6-1)18-10-9-13-5-3-4-8-17(13)18;1-2-3-6-9-7-4-5-8-9;;;/h1-12H;4,7H,2-3,5-6H2,1H3;2*1H;/q2*-1;;;+4/p-2. The quantitative estimate of drug-likeness (QED) is 0.247. The molecule has 1 nitrogen and oxygen atoms in total. The zero-order chi connectivity index (χ0) is 18.5. The number of unbranched alkanes of at least 4 members (excludes halogenated alkanes) is 1. The largest absolute Gasteiger partial charge is 4.00 e. The van der Waals surface area contributed by atoms with Gasteiger partial charge in [0.05, 0.1) is 5.52 Å². The van der Waals surface area contributed by atoms with Gasteiger partial charge in [0.25, 0.3) is 0 Å². The van der Waals surface area contributed by atoms with Crippen molar-refractivity contribution in [2.24, 2.45) is 0 Å². The molecule has 1 aromatic heterocycles. The fraction of sp³-hybridized carbons (Fsp3) is 0.192. The molecule has 152 valence electrons. The fourth-order valence-electron chi connectivity index (χ4n) is 3.57. The molecular formula is C26H25Cl2HfN. The fourth-order valence-corrected chi connectivity index (χ4v) is 3.57. The average molecular weight is 601 g/mol. The van der Waals surface area contributed by atoms with Crippen LogP contribution in [-0.4, -0.2) is 4.57 Å². The second kappa shape index (κ2) is 13.0. The van der Waals surface area contributed by atoms with E-state index in [4.69, 9.17) is 0 Å². The molecule has 3 aromatic carbocycles. The van der Waals surface area contributed by atoms with Gasteiger partial charge in [-0.1, -0.05) is 50.5 Å². The Morgan fingerprint density at radius 1 is 0.967 bits per heavy atom. The van der Waals surface area contributed by atoms with Gasteiger partial charge in [-0.2, -0.15) is 6.08 Å². The summed E-state index contributed by atoms with van der Waals surface area (Å²) in [6.07, 6.45) is 14.7. The van der Waals surface area contributed by atoms with E-state index >= 15 is 0 Å². The van der Waals surface area contributed by atoms with E-state index in [-0.39, 0.29) is 50.7 Å². The van der Waals surface area contributed by atoms with Crippen molar-refractivity contribution in [2.75, 3.05) is 0 Å². The first-order valence-electron chi connectivity index (χ1n) is 9.83. The van der Waals surface area contributed by atoms with Gasteiger partial charge < -0.3 is 29.4 Å². The zero-order valence-electron chi connectivity index (χ0n) is 17.1. The second-order valence-electron chi connectivity index (χ2n) is 7.00. The first-order chi connectivity index (χ1) is 13.3. The molecule has 1 aliphatic carbocycles.